The zero-order valence-electron chi connectivity index (χ0n) is 23.3. The molecule has 0 radical (unpaired) electrons. The first-order chi connectivity index (χ1) is 19.8. The molecule has 1 aliphatic rings. The molecular weight excluding hydrogens is 536 g/mol. The van der Waals surface area contributed by atoms with E-state index in [1.54, 1.807) is 41.8 Å². The van der Waals surface area contributed by atoms with Crippen molar-refractivity contribution in [2.45, 2.75) is 39.7 Å². The summed E-state index contributed by atoms with van der Waals surface area (Å²) in [6.45, 7) is 7.53. The normalized spacial score (nSPS) is 15.0. The number of esters is 2. The third kappa shape index (κ3) is 5.83. The summed E-state index contributed by atoms with van der Waals surface area (Å²) in [5.74, 6) is -0.159. The molecule has 4 aromatic rings. The first kappa shape index (κ1) is 28.0. The fraction of sp³-hybridized carbons (Fsp3) is 0.212. The maximum absolute atomic E-state index is 14.0. The van der Waals surface area contributed by atoms with Gasteiger partial charge in [-0.3, -0.25) is 14.2 Å². The lowest BCUT2D eigenvalue weighted by molar-refractivity contribution is -0.139. The van der Waals surface area contributed by atoms with Gasteiger partial charge in [0.05, 0.1) is 28.5 Å². The standard InChI is InChI=1S/C33H30N2O5S/c1-5-39-32(38)28-29(24-9-7-6-8-10-24)34-33-35(30(28)25-15-13-23(14-16-25)20(2)3)31(37)27(41-33)19-22-11-17-26(18-12-22)40-21(4)36/h6-20,30H,5H2,1-4H3/b27-19-/t30-/m0/s1. The van der Waals surface area contributed by atoms with Crippen LogP contribution in [0.1, 0.15) is 61.9 Å². The molecule has 0 bridgehead atoms. The van der Waals surface area contributed by atoms with Gasteiger partial charge in [-0.1, -0.05) is 91.9 Å². The molecule has 1 aromatic heterocycles. The van der Waals surface area contributed by atoms with Crippen LogP contribution in [-0.2, 0) is 14.3 Å². The Balaban J connectivity index is 1.74. The third-order valence-electron chi connectivity index (χ3n) is 6.73. The van der Waals surface area contributed by atoms with Gasteiger partial charge in [-0.25, -0.2) is 9.79 Å². The number of fused-ring (bicyclic) bond motifs is 1. The Morgan fingerprint density at radius 2 is 1.68 bits per heavy atom. The van der Waals surface area contributed by atoms with Crippen molar-refractivity contribution in [2.75, 3.05) is 6.61 Å². The lowest BCUT2D eigenvalue weighted by atomic mass is 9.91. The highest BCUT2D eigenvalue weighted by molar-refractivity contribution is 7.07. The second kappa shape index (κ2) is 11.9. The lowest BCUT2D eigenvalue weighted by Gasteiger charge is -2.26. The Hall–Kier alpha value is -4.56. The highest BCUT2D eigenvalue weighted by atomic mass is 32.1. The smallest absolute Gasteiger partial charge is 0.338 e. The summed E-state index contributed by atoms with van der Waals surface area (Å²) in [4.78, 5) is 44.2. The van der Waals surface area contributed by atoms with Crippen LogP contribution in [0.2, 0.25) is 0 Å². The number of ether oxygens (including phenoxy) is 2. The molecule has 0 fully saturated rings. The highest BCUT2D eigenvalue weighted by Gasteiger charge is 2.35. The summed E-state index contributed by atoms with van der Waals surface area (Å²) in [5, 5.41) is 0. The minimum Gasteiger partial charge on any atom is -0.463 e. The summed E-state index contributed by atoms with van der Waals surface area (Å²) >= 11 is 1.26. The van der Waals surface area contributed by atoms with E-state index >= 15 is 0 Å². The van der Waals surface area contributed by atoms with Gasteiger partial charge in [-0.15, -0.1) is 0 Å². The minimum atomic E-state index is -0.727. The average molecular weight is 567 g/mol. The molecule has 5 rings (SSSR count). The zero-order chi connectivity index (χ0) is 29.1. The Morgan fingerprint density at radius 1 is 1.00 bits per heavy atom. The zero-order valence-corrected chi connectivity index (χ0v) is 24.1. The van der Waals surface area contributed by atoms with Gasteiger partial charge in [-0.05, 0) is 47.7 Å². The Kier molecular flexibility index (Phi) is 8.12. The Morgan fingerprint density at radius 3 is 2.29 bits per heavy atom. The Bertz CT molecular complexity index is 1800. The molecular formula is C33H30N2O5S. The SMILES string of the molecule is CCOC(=O)C1=C(c2ccccc2)N=c2s/c(=C\c3ccc(OC(C)=O)cc3)c(=O)n2[C@H]1c1ccc(C(C)C)cc1. The predicted octanol–water partition coefficient (Wildman–Crippen LogP) is 4.98. The van der Waals surface area contributed by atoms with E-state index in [9.17, 15) is 14.4 Å². The summed E-state index contributed by atoms with van der Waals surface area (Å²) in [5.41, 5.74) is 4.02. The molecule has 0 N–H and O–H groups in total. The molecule has 41 heavy (non-hydrogen) atoms. The molecule has 1 atom stereocenters. The minimum absolute atomic E-state index is 0.192. The highest BCUT2D eigenvalue weighted by Crippen LogP contribution is 2.35. The van der Waals surface area contributed by atoms with Gasteiger partial charge in [0.2, 0.25) is 0 Å². The van der Waals surface area contributed by atoms with Gasteiger partial charge < -0.3 is 9.47 Å². The summed E-state index contributed by atoms with van der Waals surface area (Å²) in [6.07, 6.45) is 1.77. The second-order valence-electron chi connectivity index (χ2n) is 9.92. The van der Waals surface area contributed by atoms with Crippen molar-refractivity contribution in [3.05, 3.63) is 126 Å². The number of hydrogen-bond donors (Lipinski definition) is 0. The fourth-order valence-electron chi connectivity index (χ4n) is 4.77. The van der Waals surface area contributed by atoms with Gasteiger partial charge in [0.25, 0.3) is 5.56 Å². The van der Waals surface area contributed by atoms with Gasteiger partial charge >= 0.3 is 11.9 Å². The first-order valence-corrected chi connectivity index (χ1v) is 14.2. The molecule has 8 heteroatoms. The number of aromatic nitrogens is 1. The number of nitrogens with zero attached hydrogens (tertiary/aromatic N) is 2. The quantitative estimate of drug-likeness (QED) is 0.233. The van der Waals surface area contributed by atoms with Crippen LogP contribution in [0.3, 0.4) is 0 Å². The van der Waals surface area contributed by atoms with Crippen molar-refractivity contribution in [2.24, 2.45) is 4.99 Å². The summed E-state index contributed by atoms with van der Waals surface area (Å²) in [7, 11) is 0. The van der Waals surface area contributed by atoms with Crippen molar-refractivity contribution in [1.82, 2.24) is 4.57 Å². The van der Waals surface area contributed by atoms with E-state index in [0.717, 1.165) is 22.3 Å². The molecule has 0 spiro atoms. The topological polar surface area (TPSA) is 87.0 Å². The molecule has 2 heterocycles. The van der Waals surface area contributed by atoms with E-state index in [0.29, 0.717) is 32.3 Å². The van der Waals surface area contributed by atoms with Crippen LogP contribution in [-0.4, -0.2) is 23.1 Å². The van der Waals surface area contributed by atoms with E-state index in [-0.39, 0.29) is 12.2 Å². The van der Waals surface area contributed by atoms with Crippen molar-refractivity contribution in [1.29, 1.82) is 0 Å². The Labute approximate surface area is 241 Å². The maximum atomic E-state index is 14.0. The van der Waals surface area contributed by atoms with Crippen molar-refractivity contribution in [3.63, 3.8) is 0 Å². The van der Waals surface area contributed by atoms with Crippen molar-refractivity contribution >= 4 is 35.0 Å². The summed E-state index contributed by atoms with van der Waals surface area (Å²) < 4.78 is 12.7. The summed E-state index contributed by atoms with van der Waals surface area (Å²) in [6, 6.07) is 23.7. The maximum Gasteiger partial charge on any atom is 0.338 e. The van der Waals surface area contributed by atoms with E-state index in [2.05, 4.69) is 13.8 Å². The van der Waals surface area contributed by atoms with Gasteiger partial charge in [-0.2, -0.15) is 0 Å². The van der Waals surface area contributed by atoms with Gasteiger partial charge in [0.15, 0.2) is 4.80 Å². The predicted molar refractivity (Wildman–Crippen MR) is 159 cm³/mol. The number of rotatable bonds is 7. The monoisotopic (exact) mass is 566 g/mol. The van der Waals surface area contributed by atoms with Crippen LogP contribution in [0.5, 0.6) is 5.75 Å². The second-order valence-corrected chi connectivity index (χ2v) is 10.9. The molecule has 3 aromatic carbocycles. The average Bonchev–Trinajstić information content (AvgIpc) is 3.27. The molecule has 1 aliphatic heterocycles. The van der Waals surface area contributed by atoms with Crippen molar-refractivity contribution < 1.29 is 19.1 Å². The van der Waals surface area contributed by atoms with Crippen LogP contribution >= 0.6 is 11.3 Å². The third-order valence-corrected chi connectivity index (χ3v) is 7.71. The van der Waals surface area contributed by atoms with Crippen LogP contribution in [0, 0.1) is 0 Å². The van der Waals surface area contributed by atoms with Gasteiger partial charge in [0, 0.05) is 12.5 Å². The first-order valence-electron chi connectivity index (χ1n) is 13.4. The van der Waals surface area contributed by atoms with E-state index < -0.39 is 18.0 Å². The molecule has 0 unspecified atom stereocenters. The molecule has 208 valence electrons. The van der Waals surface area contributed by atoms with Crippen molar-refractivity contribution in [3.8, 4) is 5.75 Å². The number of benzene rings is 3. The fourth-order valence-corrected chi connectivity index (χ4v) is 5.77. The number of carbonyl (C=O) groups excluding carboxylic acids is 2. The molecule has 7 nitrogen and oxygen atoms in total. The number of thiazole rings is 1. The van der Waals surface area contributed by atoms with Gasteiger partial charge in [0.1, 0.15) is 5.75 Å². The molecule has 0 saturated heterocycles. The van der Waals surface area contributed by atoms with E-state index in [1.807, 2.05) is 54.6 Å². The van der Waals surface area contributed by atoms with Crippen LogP contribution in [0.4, 0.5) is 0 Å². The molecule has 0 saturated carbocycles. The van der Waals surface area contributed by atoms with Crippen LogP contribution < -0.4 is 19.6 Å². The molecule has 0 amide bonds. The van der Waals surface area contributed by atoms with Crippen LogP contribution in [0.15, 0.2) is 94.2 Å². The molecule has 0 aliphatic carbocycles. The van der Waals surface area contributed by atoms with E-state index in [1.165, 1.54) is 18.3 Å². The van der Waals surface area contributed by atoms with Crippen LogP contribution in [0.25, 0.3) is 11.8 Å². The number of carbonyl (C=O) groups is 2. The number of hydrogen-bond acceptors (Lipinski definition) is 7. The largest absolute Gasteiger partial charge is 0.463 e. The van der Waals surface area contributed by atoms with E-state index in [4.69, 9.17) is 14.5 Å². The lowest BCUT2D eigenvalue weighted by Crippen LogP contribution is -2.40.